The molecule has 0 aliphatic carbocycles. The van der Waals surface area contributed by atoms with Crippen LogP contribution in [0.25, 0.3) is 27.6 Å². The summed E-state index contributed by atoms with van der Waals surface area (Å²) in [6.07, 6.45) is 4.46. The Bertz CT molecular complexity index is 717. The quantitative estimate of drug-likeness (QED) is 0.679. The Labute approximate surface area is 119 Å². The van der Waals surface area contributed by atoms with E-state index < -0.39 is 0 Å². The molecule has 1 heteroatoms. The monoisotopic (exact) mass is 261 g/mol. The third-order valence-electron chi connectivity index (χ3n) is 3.82. The molecule has 0 heterocycles. The van der Waals surface area contributed by atoms with E-state index in [9.17, 15) is 0 Å². The van der Waals surface area contributed by atoms with Gasteiger partial charge in [0.15, 0.2) is 0 Å². The molecule has 0 saturated carbocycles. The maximum Gasteiger partial charge on any atom is 0.0221 e. The third-order valence-corrected chi connectivity index (χ3v) is 3.82. The molecule has 0 amide bonds. The molecular formula is C19H19N. The highest BCUT2D eigenvalue weighted by molar-refractivity contribution is 6.06. The summed E-state index contributed by atoms with van der Waals surface area (Å²) >= 11 is 0. The van der Waals surface area contributed by atoms with E-state index in [4.69, 9.17) is 0 Å². The van der Waals surface area contributed by atoms with Crippen molar-refractivity contribution in [1.82, 2.24) is 5.32 Å². The molecule has 0 saturated heterocycles. The van der Waals surface area contributed by atoms with Crippen molar-refractivity contribution in [3.05, 3.63) is 66.2 Å². The van der Waals surface area contributed by atoms with Crippen LogP contribution in [0.5, 0.6) is 0 Å². The summed E-state index contributed by atoms with van der Waals surface area (Å²) in [6.45, 7) is 2.16. The summed E-state index contributed by atoms with van der Waals surface area (Å²) in [6, 6.07) is 19.8. The van der Waals surface area contributed by atoms with Gasteiger partial charge in [-0.3, -0.25) is 0 Å². The van der Waals surface area contributed by atoms with E-state index in [-0.39, 0.29) is 0 Å². The van der Waals surface area contributed by atoms with E-state index in [0.29, 0.717) is 6.04 Å². The first-order valence-electron chi connectivity index (χ1n) is 7.05. The molecule has 0 fully saturated rings. The van der Waals surface area contributed by atoms with E-state index in [1.54, 1.807) is 0 Å². The molecule has 0 bridgehead atoms. The number of fused-ring (bicyclic) bond motifs is 2. The van der Waals surface area contributed by atoms with Crippen molar-refractivity contribution in [1.29, 1.82) is 0 Å². The normalized spacial score (nSPS) is 13.3. The van der Waals surface area contributed by atoms with Crippen LogP contribution in [0.15, 0.2) is 60.7 Å². The third kappa shape index (κ3) is 2.33. The SMILES string of the molecule is CNC(C)/C=C/c1c2ccccc2cc2ccccc12. The Balaban J connectivity index is 2.30. The van der Waals surface area contributed by atoms with Crippen LogP contribution in [0.4, 0.5) is 0 Å². The highest BCUT2D eigenvalue weighted by Gasteiger charge is 2.04. The minimum absolute atomic E-state index is 0.368. The van der Waals surface area contributed by atoms with Crippen molar-refractivity contribution in [2.75, 3.05) is 7.05 Å². The molecule has 0 aliphatic rings. The van der Waals surface area contributed by atoms with Gasteiger partial charge in [0.25, 0.3) is 0 Å². The summed E-state index contributed by atoms with van der Waals surface area (Å²) in [5.41, 5.74) is 1.31. The Morgan fingerprint density at radius 2 is 1.45 bits per heavy atom. The first-order valence-corrected chi connectivity index (χ1v) is 7.05. The number of benzene rings is 3. The summed E-state index contributed by atoms with van der Waals surface area (Å²) < 4.78 is 0. The first-order chi connectivity index (χ1) is 9.79. The van der Waals surface area contributed by atoms with E-state index in [0.717, 1.165) is 0 Å². The largest absolute Gasteiger partial charge is 0.314 e. The van der Waals surface area contributed by atoms with Crippen LogP contribution in [-0.4, -0.2) is 13.1 Å². The molecule has 20 heavy (non-hydrogen) atoms. The van der Waals surface area contributed by atoms with Gasteiger partial charge in [-0.25, -0.2) is 0 Å². The maximum atomic E-state index is 3.24. The molecule has 1 N–H and O–H groups in total. The van der Waals surface area contributed by atoms with Crippen LogP contribution in [-0.2, 0) is 0 Å². The van der Waals surface area contributed by atoms with Gasteiger partial charge in [0.1, 0.15) is 0 Å². The van der Waals surface area contributed by atoms with Crippen LogP contribution in [0.2, 0.25) is 0 Å². The molecule has 0 aliphatic heterocycles. The molecule has 3 rings (SSSR count). The number of nitrogens with one attached hydrogen (secondary N) is 1. The highest BCUT2D eigenvalue weighted by Crippen LogP contribution is 2.29. The van der Waals surface area contributed by atoms with Gasteiger partial charge < -0.3 is 5.32 Å². The smallest absolute Gasteiger partial charge is 0.0221 e. The molecule has 0 aromatic heterocycles. The highest BCUT2D eigenvalue weighted by atomic mass is 14.8. The van der Waals surface area contributed by atoms with Crippen molar-refractivity contribution in [3.8, 4) is 0 Å². The van der Waals surface area contributed by atoms with Crippen LogP contribution in [0.3, 0.4) is 0 Å². The average molecular weight is 261 g/mol. The summed E-state index contributed by atoms with van der Waals surface area (Å²) in [5, 5.41) is 8.46. The molecule has 1 unspecified atom stereocenters. The maximum absolute atomic E-state index is 3.24. The zero-order valence-electron chi connectivity index (χ0n) is 11.9. The fourth-order valence-electron chi connectivity index (χ4n) is 2.57. The molecule has 3 aromatic carbocycles. The van der Waals surface area contributed by atoms with E-state index >= 15 is 0 Å². The van der Waals surface area contributed by atoms with Crippen molar-refractivity contribution in [3.63, 3.8) is 0 Å². The predicted octanol–water partition coefficient (Wildman–Crippen LogP) is 4.61. The van der Waals surface area contributed by atoms with E-state index in [2.05, 4.69) is 79.0 Å². The second-order valence-corrected chi connectivity index (χ2v) is 5.17. The van der Waals surface area contributed by atoms with Gasteiger partial charge in [-0.15, -0.1) is 0 Å². The lowest BCUT2D eigenvalue weighted by Crippen LogP contribution is -2.17. The van der Waals surface area contributed by atoms with Crippen molar-refractivity contribution in [2.45, 2.75) is 13.0 Å². The predicted molar refractivity (Wildman–Crippen MR) is 89.0 cm³/mol. The molecule has 1 nitrogen and oxygen atoms in total. The van der Waals surface area contributed by atoms with Gasteiger partial charge >= 0.3 is 0 Å². The standard InChI is InChI=1S/C19H19N/c1-14(20-2)11-12-19-17-9-5-3-7-15(17)13-16-8-4-6-10-18(16)19/h3-14,20H,1-2H3/b12-11+. The van der Waals surface area contributed by atoms with E-state index in [1.807, 2.05) is 7.05 Å². The number of hydrogen-bond acceptors (Lipinski definition) is 1. The lowest BCUT2D eigenvalue weighted by Gasteiger charge is -2.09. The zero-order chi connectivity index (χ0) is 13.9. The zero-order valence-corrected chi connectivity index (χ0v) is 11.9. The van der Waals surface area contributed by atoms with Crippen molar-refractivity contribution >= 4 is 27.6 Å². The lowest BCUT2D eigenvalue weighted by molar-refractivity contribution is 0.732. The molecule has 100 valence electrons. The second kappa shape index (κ2) is 5.48. The minimum atomic E-state index is 0.368. The number of likely N-dealkylation sites (N-methyl/N-ethyl adjacent to an activating group) is 1. The lowest BCUT2D eigenvalue weighted by atomic mass is 9.96. The minimum Gasteiger partial charge on any atom is -0.314 e. The van der Waals surface area contributed by atoms with Gasteiger partial charge in [-0.1, -0.05) is 60.7 Å². The topological polar surface area (TPSA) is 12.0 Å². The molecule has 0 radical (unpaired) electrons. The van der Waals surface area contributed by atoms with Crippen LogP contribution in [0, 0.1) is 0 Å². The fourth-order valence-corrected chi connectivity index (χ4v) is 2.57. The number of hydrogen-bond donors (Lipinski definition) is 1. The van der Waals surface area contributed by atoms with E-state index in [1.165, 1.54) is 27.1 Å². The summed E-state index contributed by atoms with van der Waals surface area (Å²) in [5.74, 6) is 0. The molecule has 3 aromatic rings. The van der Waals surface area contributed by atoms with Crippen LogP contribution < -0.4 is 5.32 Å². The van der Waals surface area contributed by atoms with Gasteiger partial charge in [0.2, 0.25) is 0 Å². The average Bonchev–Trinajstić information content (AvgIpc) is 2.51. The first kappa shape index (κ1) is 12.9. The molecule has 1 atom stereocenters. The van der Waals surface area contributed by atoms with Crippen LogP contribution in [0.1, 0.15) is 12.5 Å². The summed E-state index contributed by atoms with van der Waals surface area (Å²) in [4.78, 5) is 0. The fraction of sp³-hybridized carbons (Fsp3) is 0.158. The van der Waals surface area contributed by atoms with Gasteiger partial charge in [-0.2, -0.15) is 0 Å². The van der Waals surface area contributed by atoms with Gasteiger partial charge in [0.05, 0.1) is 0 Å². The Hall–Kier alpha value is -2.12. The van der Waals surface area contributed by atoms with Crippen LogP contribution >= 0.6 is 0 Å². The van der Waals surface area contributed by atoms with Crippen molar-refractivity contribution < 1.29 is 0 Å². The Morgan fingerprint density at radius 1 is 0.900 bits per heavy atom. The van der Waals surface area contributed by atoms with Gasteiger partial charge in [0, 0.05) is 6.04 Å². The summed E-state index contributed by atoms with van der Waals surface area (Å²) in [7, 11) is 1.98. The second-order valence-electron chi connectivity index (χ2n) is 5.17. The Morgan fingerprint density at radius 3 is 2.00 bits per heavy atom. The van der Waals surface area contributed by atoms with Gasteiger partial charge in [-0.05, 0) is 47.1 Å². The molecular weight excluding hydrogens is 242 g/mol. The number of rotatable bonds is 3. The Kier molecular flexibility index (Phi) is 3.53. The van der Waals surface area contributed by atoms with Crippen molar-refractivity contribution in [2.24, 2.45) is 0 Å². The molecule has 0 spiro atoms.